The number of nitrogens with zero attached hydrogens (tertiary/aromatic N) is 5. The number of carbonyl (C=O) groups excluding carboxylic acids is 3. The largest absolute Gasteiger partial charge is 0.477 e. The molecule has 2 saturated heterocycles. The first-order chi connectivity index (χ1) is 17.2. The van der Waals surface area contributed by atoms with E-state index in [4.69, 9.17) is 15.3 Å². The number of nitrogen functional groups attached to an aromatic ring is 1. The van der Waals surface area contributed by atoms with E-state index in [-0.39, 0.29) is 34.6 Å². The van der Waals surface area contributed by atoms with Gasteiger partial charge in [-0.15, -0.1) is 23.1 Å². The molecule has 1 aromatic heterocycles. The van der Waals surface area contributed by atoms with Crippen molar-refractivity contribution < 1.29 is 33.9 Å². The first-order valence-electron chi connectivity index (χ1n) is 10.8. The minimum absolute atomic E-state index is 0.164. The van der Waals surface area contributed by atoms with Crippen LogP contribution in [0, 0.1) is 0 Å². The van der Waals surface area contributed by atoms with Crippen LogP contribution in [0.25, 0.3) is 0 Å². The SMILES string of the molecule is CO/N=C(/C(=O)NC1C(=O)N2C(C(=O)O)=C(COC(=O)N3CCN(C)CC3)CS[C@H]12)c1csc(N)n1. The summed E-state index contributed by atoms with van der Waals surface area (Å²) in [5.74, 6) is -2.42. The molecule has 0 bridgehead atoms. The molecule has 4 rings (SSSR count). The number of hydrogen-bond acceptors (Lipinski definition) is 12. The maximum absolute atomic E-state index is 12.9. The second-order valence-corrected chi connectivity index (χ2v) is 10.2. The number of anilines is 1. The summed E-state index contributed by atoms with van der Waals surface area (Å²) in [7, 11) is 3.22. The molecule has 36 heavy (non-hydrogen) atoms. The second-order valence-electron chi connectivity index (χ2n) is 8.16. The van der Waals surface area contributed by atoms with Crippen LogP contribution in [0.1, 0.15) is 5.69 Å². The van der Waals surface area contributed by atoms with E-state index < -0.39 is 35.3 Å². The van der Waals surface area contributed by atoms with Gasteiger partial charge in [0.05, 0.1) is 0 Å². The fourth-order valence-corrected chi connectivity index (χ4v) is 5.80. The topological polar surface area (TPSA) is 180 Å². The number of likely N-dealkylation sites (N-methyl/N-ethyl adjacent to an activating group) is 1. The number of ether oxygens (including phenoxy) is 1. The summed E-state index contributed by atoms with van der Waals surface area (Å²) in [5, 5.41) is 17.2. The molecule has 3 aliphatic heterocycles. The Bertz CT molecular complexity index is 1130. The zero-order valence-electron chi connectivity index (χ0n) is 19.5. The summed E-state index contributed by atoms with van der Waals surface area (Å²) >= 11 is 2.37. The molecule has 1 unspecified atom stereocenters. The number of amides is 3. The molecular formula is C20H25N7O7S2. The van der Waals surface area contributed by atoms with Crippen LogP contribution in [-0.4, -0.2) is 118 Å². The highest BCUT2D eigenvalue weighted by molar-refractivity contribution is 8.00. The molecular weight excluding hydrogens is 514 g/mol. The van der Waals surface area contributed by atoms with Crippen molar-refractivity contribution >= 4 is 57.8 Å². The Balaban J connectivity index is 1.43. The third-order valence-electron chi connectivity index (χ3n) is 5.83. The van der Waals surface area contributed by atoms with Gasteiger partial charge in [-0.2, -0.15) is 0 Å². The summed E-state index contributed by atoms with van der Waals surface area (Å²) in [4.78, 5) is 63.7. The van der Waals surface area contributed by atoms with Crippen LogP contribution in [0.3, 0.4) is 0 Å². The highest BCUT2D eigenvalue weighted by Gasteiger charge is 2.54. The molecule has 1 aromatic rings. The lowest BCUT2D eigenvalue weighted by molar-refractivity contribution is -0.150. The molecule has 4 N–H and O–H groups in total. The van der Waals surface area contributed by atoms with Crippen molar-refractivity contribution in [1.82, 2.24) is 25.0 Å². The summed E-state index contributed by atoms with van der Waals surface area (Å²) < 4.78 is 5.36. The number of aliphatic carboxylic acids is 1. The first-order valence-corrected chi connectivity index (χ1v) is 12.8. The lowest BCUT2D eigenvalue weighted by atomic mass is 10.0. The van der Waals surface area contributed by atoms with Crippen molar-refractivity contribution in [3.05, 3.63) is 22.3 Å². The van der Waals surface area contributed by atoms with Crippen LogP contribution >= 0.6 is 23.1 Å². The standard InChI is InChI=1S/C20H25N7O7S2/c1-25-3-5-26(6-4-25)20(32)34-7-10-8-35-17-13(16(29)27(17)14(10)18(30)31)23-15(28)12(24-33-2)11-9-36-19(21)22-11/h9,13,17H,3-8H2,1-2H3,(H2,21,22)(H,23,28)(H,30,31)/b24-12+/t13?,17-/m1/s1. The van der Waals surface area contributed by atoms with Crippen molar-refractivity contribution in [2.45, 2.75) is 11.4 Å². The number of nitrogens with two attached hydrogens (primary N) is 1. The Kier molecular flexibility index (Phi) is 7.65. The first kappa shape index (κ1) is 25.7. The van der Waals surface area contributed by atoms with Gasteiger partial charge in [0.25, 0.3) is 11.8 Å². The number of carbonyl (C=O) groups is 4. The van der Waals surface area contributed by atoms with Gasteiger partial charge < -0.3 is 35.5 Å². The van der Waals surface area contributed by atoms with Gasteiger partial charge in [-0.25, -0.2) is 14.6 Å². The van der Waals surface area contributed by atoms with Crippen LogP contribution in [-0.2, 0) is 24.0 Å². The van der Waals surface area contributed by atoms with Crippen LogP contribution in [0.15, 0.2) is 21.8 Å². The third-order valence-corrected chi connectivity index (χ3v) is 7.84. The molecule has 14 nitrogen and oxygen atoms in total. The number of oxime groups is 1. The van der Waals surface area contributed by atoms with Gasteiger partial charge in [0.2, 0.25) is 0 Å². The zero-order valence-corrected chi connectivity index (χ0v) is 21.1. The number of nitrogens with one attached hydrogen (secondary N) is 1. The summed E-state index contributed by atoms with van der Waals surface area (Å²) in [5.41, 5.74) is 5.72. The van der Waals surface area contributed by atoms with E-state index in [9.17, 15) is 24.3 Å². The Labute approximate surface area is 214 Å². The zero-order chi connectivity index (χ0) is 26.0. The maximum atomic E-state index is 12.9. The normalized spacial score (nSPS) is 22.6. The van der Waals surface area contributed by atoms with Gasteiger partial charge in [0.1, 0.15) is 36.5 Å². The molecule has 4 heterocycles. The van der Waals surface area contributed by atoms with Gasteiger partial charge in [-0.3, -0.25) is 14.5 Å². The average Bonchev–Trinajstić information content (AvgIpc) is 3.29. The van der Waals surface area contributed by atoms with Crippen molar-refractivity contribution in [1.29, 1.82) is 0 Å². The second kappa shape index (κ2) is 10.7. The number of fused-ring (bicyclic) bond motifs is 1. The van der Waals surface area contributed by atoms with Crippen LogP contribution in [0.4, 0.5) is 9.93 Å². The average molecular weight is 540 g/mol. The number of thioether (sulfide) groups is 1. The molecule has 194 valence electrons. The summed E-state index contributed by atoms with van der Waals surface area (Å²) in [6, 6.07) is -0.982. The van der Waals surface area contributed by atoms with Gasteiger partial charge in [-0.05, 0) is 7.05 Å². The number of rotatable bonds is 7. The number of carboxylic acids is 1. The van der Waals surface area contributed by atoms with Crippen LogP contribution in [0.5, 0.6) is 0 Å². The molecule has 2 fully saturated rings. The molecule has 0 saturated carbocycles. The van der Waals surface area contributed by atoms with Crippen molar-refractivity contribution in [3.63, 3.8) is 0 Å². The highest BCUT2D eigenvalue weighted by atomic mass is 32.2. The number of aromatic nitrogens is 1. The lowest BCUT2D eigenvalue weighted by Gasteiger charge is -2.49. The van der Waals surface area contributed by atoms with E-state index in [1.165, 1.54) is 24.3 Å². The molecule has 0 spiro atoms. The molecule has 16 heteroatoms. The van der Waals surface area contributed by atoms with Crippen molar-refractivity contribution in [2.24, 2.45) is 5.16 Å². The monoisotopic (exact) mass is 539 g/mol. The van der Waals surface area contributed by atoms with Gasteiger partial charge in [-0.1, -0.05) is 5.16 Å². The number of β-lactam (4-membered cyclic amide) rings is 1. The number of piperazine rings is 1. The minimum Gasteiger partial charge on any atom is -0.477 e. The molecule has 3 aliphatic rings. The molecule has 0 aliphatic carbocycles. The maximum Gasteiger partial charge on any atom is 0.410 e. The van der Waals surface area contributed by atoms with E-state index in [1.54, 1.807) is 4.90 Å². The van der Waals surface area contributed by atoms with E-state index in [1.807, 2.05) is 7.05 Å². The van der Waals surface area contributed by atoms with Gasteiger partial charge >= 0.3 is 12.1 Å². The highest BCUT2D eigenvalue weighted by Crippen LogP contribution is 2.40. The summed E-state index contributed by atoms with van der Waals surface area (Å²) in [6.45, 7) is 2.23. The molecule has 0 radical (unpaired) electrons. The van der Waals surface area contributed by atoms with E-state index in [0.29, 0.717) is 18.7 Å². The fourth-order valence-electron chi connectivity index (χ4n) is 3.93. The van der Waals surface area contributed by atoms with E-state index in [0.717, 1.165) is 29.3 Å². The Morgan fingerprint density at radius 1 is 1.31 bits per heavy atom. The minimum atomic E-state index is -1.32. The number of thiazole rings is 1. The molecule has 0 aromatic carbocycles. The van der Waals surface area contributed by atoms with Crippen LogP contribution < -0.4 is 11.1 Å². The lowest BCUT2D eigenvalue weighted by Crippen LogP contribution is -2.71. The molecule has 2 atom stereocenters. The van der Waals surface area contributed by atoms with Gasteiger partial charge in [0.15, 0.2) is 10.8 Å². The number of hydrogen-bond donors (Lipinski definition) is 3. The quantitative estimate of drug-likeness (QED) is 0.224. The smallest absolute Gasteiger partial charge is 0.410 e. The number of carboxylic acid groups (broad SMARTS) is 1. The Morgan fingerprint density at radius 3 is 2.64 bits per heavy atom. The van der Waals surface area contributed by atoms with Crippen molar-refractivity contribution in [2.75, 3.05) is 58.4 Å². The summed E-state index contributed by atoms with van der Waals surface area (Å²) in [6.07, 6.45) is -0.528. The third kappa shape index (κ3) is 5.10. The fraction of sp³-hybridized carbons (Fsp3) is 0.500. The van der Waals surface area contributed by atoms with E-state index >= 15 is 0 Å². The predicted octanol–water partition coefficient (Wildman–Crippen LogP) is -0.802. The van der Waals surface area contributed by atoms with E-state index in [2.05, 4.69) is 20.4 Å². The Morgan fingerprint density at radius 2 is 2.03 bits per heavy atom. The predicted molar refractivity (Wildman–Crippen MR) is 130 cm³/mol. The Hall–Kier alpha value is -3.37. The van der Waals surface area contributed by atoms with Crippen molar-refractivity contribution in [3.8, 4) is 0 Å². The van der Waals surface area contributed by atoms with Gasteiger partial charge in [0, 0.05) is 42.9 Å². The molecule has 3 amide bonds. The van der Waals surface area contributed by atoms with Crippen LogP contribution in [0.2, 0.25) is 0 Å².